The van der Waals surface area contributed by atoms with Gasteiger partial charge in [-0.3, -0.25) is 0 Å². The van der Waals surface area contributed by atoms with E-state index in [1.54, 1.807) is 0 Å². The first kappa shape index (κ1) is 19.4. The summed E-state index contributed by atoms with van der Waals surface area (Å²) in [6, 6.07) is 18.9. The zero-order valence-electron chi connectivity index (χ0n) is 18.1. The highest BCUT2D eigenvalue weighted by molar-refractivity contribution is 5.74. The Balaban J connectivity index is 2.09. The van der Waals surface area contributed by atoms with Gasteiger partial charge in [-0.15, -0.1) is 0 Å². The standard InChI is InChI=1S/C26H29NO2/c1-16(2)26-21-11-8-15-25(26)29-24-14-9-13-23(19(24)6)28-22-12-7-10-20(18(22)5)27(21)17(3)4/h7-17H,1-6H3. The smallest absolute Gasteiger partial charge is 0.134 e. The van der Waals surface area contributed by atoms with Gasteiger partial charge in [-0.2, -0.15) is 0 Å². The lowest BCUT2D eigenvalue weighted by Gasteiger charge is -2.34. The number of hydrogen-bond donors (Lipinski definition) is 0. The van der Waals surface area contributed by atoms with Crippen LogP contribution in [0.15, 0.2) is 54.6 Å². The molecule has 0 saturated heterocycles. The summed E-state index contributed by atoms with van der Waals surface area (Å²) in [5.74, 6) is 3.73. The number of rotatable bonds is 2. The summed E-state index contributed by atoms with van der Waals surface area (Å²) >= 11 is 0. The van der Waals surface area contributed by atoms with Crippen LogP contribution >= 0.6 is 0 Å². The van der Waals surface area contributed by atoms with E-state index in [1.165, 1.54) is 11.3 Å². The van der Waals surface area contributed by atoms with Gasteiger partial charge in [0.15, 0.2) is 0 Å². The van der Waals surface area contributed by atoms with Crippen molar-refractivity contribution in [1.82, 2.24) is 0 Å². The highest BCUT2D eigenvalue weighted by Crippen LogP contribution is 2.45. The Bertz CT molecular complexity index is 1050. The van der Waals surface area contributed by atoms with Crippen LogP contribution in [0.4, 0.5) is 11.4 Å². The van der Waals surface area contributed by atoms with Crippen molar-refractivity contribution in [2.45, 2.75) is 53.5 Å². The minimum Gasteiger partial charge on any atom is -0.457 e. The Kier molecular flexibility index (Phi) is 4.99. The molecule has 0 unspecified atom stereocenters. The van der Waals surface area contributed by atoms with E-state index in [0.717, 1.165) is 39.8 Å². The monoisotopic (exact) mass is 387 g/mol. The normalized spacial score (nSPS) is 12.9. The summed E-state index contributed by atoms with van der Waals surface area (Å²) in [6.07, 6.45) is 0. The van der Waals surface area contributed by atoms with Gasteiger partial charge < -0.3 is 14.4 Å². The molecule has 0 spiro atoms. The molecule has 0 radical (unpaired) electrons. The van der Waals surface area contributed by atoms with Gasteiger partial charge in [0.2, 0.25) is 0 Å². The third kappa shape index (κ3) is 3.35. The van der Waals surface area contributed by atoms with Crippen molar-refractivity contribution in [2.24, 2.45) is 0 Å². The van der Waals surface area contributed by atoms with Gasteiger partial charge in [0, 0.05) is 34.1 Å². The van der Waals surface area contributed by atoms with Crippen LogP contribution in [0, 0.1) is 13.8 Å². The molecule has 4 rings (SSSR count). The van der Waals surface area contributed by atoms with Crippen LogP contribution in [0.3, 0.4) is 0 Å². The Labute approximate surface area is 173 Å². The fourth-order valence-corrected chi connectivity index (χ4v) is 4.12. The van der Waals surface area contributed by atoms with Crippen molar-refractivity contribution in [3.05, 3.63) is 71.3 Å². The molecule has 0 aromatic heterocycles. The second-order valence-electron chi connectivity index (χ2n) is 8.29. The van der Waals surface area contributed by atoms with E-state index < -0.39 is 0 Å². The van der Waals surface area contributed by atoms with Gasteiger partial charge in [-0.25, -0.2) is 0 Å². The van der Waals surface area contributed by atoms with Crippen molar-refractivity contribution in [2.75, 3.05) is 4.90 Å². The molecule has 3 aromatic rings. The van der Waals surface area contributed by atoms with E-state index in [9.17, 15) is 0 Å². The second kappa shape index (κ2) is 7.47. The quantitative estimate of drug-likeness (QED) is 0.446. The summed E-state index contributed by atoms with van der Waals surface area (Å²) in [6.45, 7) is 13.1. The maximum Gasteiger partial charge on any atom is 0.134 e. The molecule has 0 fully saturated rings. The summed E-state index contributed by atoms with van der Waals surface area (Å²) < 4.78 is 12.8. The van der Waals surface area contributed by atoms with Crippen molar-refractivity contribution in [3.63, 3.8) is 0 Å². The molecule has 0 atom stereocenters. The maximum absolute atomic E-state index is 6.47. The zero-order valence-corrected chi connectivity index (χ0v) is 18.1. The van der Waals surface area contributed by atoms with Crippen LogP contribution in [0.1, 0.15) is 50.3 Å². The summed E-state index contributed by atoms with van der Waals surface area (Å²) in [7, 11) is 0. The molecule has 0 N–H and O–H groups in total. The number of hydrogen-bond acceptors (Lipinski definition) is 3. The minimum absolute atomic E-state index is 0.277. The Morgan fingerprint density at radius 1 is 0.621 bits per heavy atom. The number of anilines is 2. The largest absolute Gasteiger partial charge is 0.457 e. The molecular weight excluding hydrogens is 358 g/mol. The third-order valence-electron chi connectivity index (χ3n) is 5.59. The highest BCUT2D eigenvalue weighted by Gasteiger charge is 2.25. The Morgan fingerprint density at radius 3 is 1.69 bits per heavy atom. The number of benzene rings is 3. The van der Waals surface area contributed by atoms with Gasteiger partial charge in [0.25, 0.3) is 0 Å². The number of fused-ring (bicyclic) bond motifs is 6. The maximum atomic E-state index is 6.47. The van der Waals surface area contributed by atoms with Gasteiger partial charge in [-0.1, -0.05) is 32.0 Å². The van der Waals surface area contributed by atoms with E-state index in [4.69, 9.17) is 9.47 Å². The van der Waals surface area contributed by atoms with Crippen LogP contribution < -0.4 is 14.4 Å². The SMILES string of the molecule is Cc1c2cccc1Oc1cccc(c1C(C)C)N(C(C)C)c1cccc(c1C)O2. The van der Waals surface area contributed by atoms with Gasteiger partial charge in [-0.05, 0) is 70.0 Å². The molecule has 3 aromatic carbocycles. The third-order valence-corrected chi connectivity index (χ3v) is 5.59. The molecule has 1 heterocycles. The molecular formula is C26H29NO2. The molecule has 150 valence electrons. The summed E-state index contributed by atoms with van der Waals surface area (Å²) in [5.41, 5.74) is 5.69. The lowest BCUT2D eigenvalue weighted by atomic mass is 9.97. The second-order valence-corrected chi connectivity index (χ2v) is 8.29. The van der Waals surface area contributed by atoms with Crippen molar-refractivity contribution < 1.29 is 9.47 Å². The average Bonchev–Trinajstić information content (AvgIpc) is 2.67. The van der Waals surface area contributed by atoms with Crippen LogP contribution in [0.2, 0.25) is 0 Å². The van der Waals surface area contributed by atoms with E-state index in [2.05, 4.69) is 76.8 Å². The van der Waals surface area contributed by atoms with E-state index in [1.807, 2.05) is 24.3 Å². The molecule has 0 aliphatic carbocycles. The average molecular weight is 388 g/mol. The first-order valence-electron chi connectivity index (χ1n) is 10.4. The van der Waals surface area contributed by atoms with Gasteiger partial charge in [0.1, 0.15) is 23.0 Å². The van der Waals surface area contributed by atoms with E-state index >= 15 is 0 Å². The minimum atomic E-state index is 0.277. The fourth-order valence-electron chi connectivity index (χ4n) is 4.12. The van der Waals surface area contributed by atoms with Gasteiger partial charge >= 0.3 is 0 Å². The van der Waals surface area contributed by atoms with Crippen molar-refractivity contribution in [1.29, 1.82) is 0 Å². The summed E-state index contributed by atoms with van der Waals surface area (Å²) in [5, 5.41) is 0. The summed E-state index contributed by atoms with van der Waals surface area (Å²) in [4.78, 5) is 2.40. The Hall–Kier alpha value is -2.94. The first-order valence-corrected chi connectivity index (χ1v) is 10.4. The van der Waals surface area contributed by atoms with Crippen LogP contribution in [0.25, 0.3) is 0 Å². The van der Waals surface area contributed by atoms with Crippen LogP contribution in [0.5, 0.6) is 23.0 Å². The van der Waals surface area contributed by atoms with E-state index in [-0.39, 0.29) is 6.04 Å². The van der Waals surface area contributed by atoms with Crippen molar-refractivity contribution in [3.8, 4) is 23.0 Å². The molecule has 1 aliphatic heterocycles. The molecule has 0 saturated carbocycles. The molecule has 0 amide bonds. The molecule has 3 nitrogen and oxygen atoms in total. The lowest BCUT2D eigenvalue weighted by Crippen LogP contribution is -2.27. The van der Waals surface area contributed by atoms with E-state index in [0.29, 0.717) is 5.92 Å². The molecule has 3 heteroatoms. The molecule has 6 bridgehead atoms. The van der Waals surface area contributed by atoms with Gasteiger partial charge in [0.05, 0.1) is 0 Å². The molecule has 29 heavy (non-hydrogen) atoms. The fraction of sp³-hybridized carbons (Fsp3) is 0.308. The van der Waals surface area contributed by atoms with Crippen LogP contribution in [-0.4, -0.2) is 6.04 Å². The van der Waals surface area contributed by atoms with Crippen molar-refractivity contribution >= 4 is 11.4 Å². The number of ether oxygens (including phenoxy) is 2. The Morgan fingerprint density at radius 2 is 1.10 bits per heavy atom. The van der Waals surface area contributed by atoms with Crippen LogP contribution in [-0.2, 0) is 0 Å². The predicted molar refractivity (Wildman–Crippen MR) is 120 cm³/mol. The lowest BCUT2D eigenvalue weighted by molar-refractivity contribution is 0.447. The highest BCUT2D eigenvalue weighted by atomic mass is 16.5. The topological polar surface area (TPSA) is 21.7 Å². The predicted octanol–water partition coefficient (Wildman–Crippen LogP) is 7.87. The zero-order chi connectivity index (χ0) is 20.7. The number of nitrogens with zero attached hydrogens (tertiary/aromatic N) is 1. The molecule has 1 aliphatic rings. The first-order chi connectivity index (χ1) is 13.9.